The van der Waals surface area contributed by atoms with E-state index in [4.69, 9.17) is 4.74 Å². The van der Waals surface area contributed by atoms with E-state index in [2.05, 4.69) is 5.32 Å². The van der Waals surface area contributed by atoms with Crippen molar-refractivity contribution in [3.05, 3.63) is 83.4 Å². The molecule has 9 nitrogen and oxygen atoms in total. The smallest absolute Gasteiger partial charge is 0.262 e. The number of nitrogens with one attached hydrogen (secondary N) is 1. The molecule has 186 valence electrons. The van der Waals surface area contributed by atoms with Gasteiger partial charge in [-0.25, -0.2) is 0 Å². The molecule has 0 radical (unpaired) electrons. The standard InChI is InChI=1S/C27H27N3O6/c1-18(31)28-21-6-2-19(3-7-21)17-30(27(35)24-11-10-23(32)16-25(24)33)22-8-4-20(5-9-22)26(34)29-12-14-36-15-13-29/h2-11,16,32-33H,12-15,17H2,1H3,(H,28,31). The molecule has 0 spiro atoms. The van der Waals surface area contributed by atoms with Gasteiger partial charge in [0.25, 0.3) is 11.8 Å². The Morgan fingerprint density at radius 3 is 2.22 bits per heavy atom. The highest BCUT2D eigenvalue weighted by Gasteiger charge is 2.23. The number of benzene rings is 3. The second-order valence-corrected chi connectivity index (χ2v) is 8.42. The van der Waals surface area contributed by atoms with Gasteiger partial charge in [-0.05, 0) is 54.1 Å². The third-order valence-corrected chi connectivity index (χ3v) is 5.80. The van der Waals surface area contributed by atoms with E-state index in [1.807, 2.05) is 0 Å². The first kappa shape index (κ1) is 24.7. The van der Waals surface area contributed by atoms with Crippen molar-refractivity contribution in [3.8, 4) is 11.5 Å². The van der Waals surface area contributed by atoms with E-state index >= 15 is 0 Å². The van der Waals surface area contributed by atoms with Gasteiger partial charge in [0.2, 0.25) is 5.91 Å². The molecule has 9 heteroatoms. The minimum absolute atomic E-state index is 0.0242. The normalized spacial score (nSPS) is 13.2. The quantitative estimate of drug-likeness (QED) is 0.488. The molecule has 1 aliphatic heterocycles. The summed E-state index contributed by atoms with van der Waals surface area (Å²) in [5.74, 6) is -1.27. The largest absolute Gasteiger partial charge is 0.508 e. The number of ether oxygens (including phenoxy) is 1. The van der Waals surface area contributed by atoms with Crippen LogP contribution >= 0.6 is 0 Å². The van der Waals surface area contributed by atoms with Crippen molar-refractivity contribution >= 4 is 29.1 Å². The molecule has 0 atom stereocenters. The van der Waals surface area contributed by atoms with Crippen LogP contribution in [0.5, 0.6) is 11.5 Å². The number of anilines is 2. The van der Waals surface area contributed by atoms with Gasteiger partial charge in [0.05, 0.1) is 25.3 Å². The summed E-state index contributed by atoms with van der Waals surface area (Å²) < 4.78 is 5.31. The van der Waals surface area contributed by atoms with Crippen LogP contribution in [0, 0.1) is 0 Å². The SMILES string of the molecule is CC(=O)Nc1ccc(CN(C(=O)c2ccc(O)cc2O)c2ccc(C(=O)N3CCOCC3)cc2)cc1. The van der Waals surface area contributed by atoms with Gasteiger partial charge in [-0.1, -0.05) is 12.1 Å². The molecule has 3 N–H and O–H groups in total. The Hall–Kier alpha value is -4.37. The molecule has 0 bridgehead atoms. The molecule has 3 aromatic carbocycles. The number of hydrogen-bond donors (Lipinski definition) is 3. The Balaban J connectivity index is 1.62. The van der Waals surface area contributed by atoms with Crippen molar-refractivity contribution in [1.82, 2.24) is 4.90 Å². The molecular weight excluding hydrogens is 462 g/mol. The minimum Gasteiger partial charge on any atom is -0.508 e. The van der Waals surface area contributed by atoms with Crippen molar-refractivity contribution in [2.45, 2.75) is 13.5 Å². The molecule has 0 saturated carbocycles. The van der Waals surface area contributed by atoms with Crippen LogP contribution in [0.4, 0.5) is 11.4 Å². The number of aromatic hydroxyl groups is 2. The van der Waals surface area contributed by atoms with Gasteiger partial charge >= 0.3 is 0 Å². The van der Waals surface area contributed by atoms with Crippen LogP contribution in [0.3, 0.4) is 0 Å². The summed E-state index contributed by atoms with van der Waals surface area (Å²) in [4.78, 5) is 40.8. The van der Waals surface area contributed by atoms with Gasteiger partial charge in [-0.3, -0.25) is 14.4 Å². The maximum absolute atomic E-state index is 13.5. The monoisotopic (exact) mass is 489 g/mol. The predicted molar refractivity (Wildman–Crippen MR) is 134 cm³/mol. The van der Waals surface area contributed by atoms with Gasteiger partial charge in [0.1, 0.15) is 11.5 Å². The van der Waals surface area contributed by atoms with Gasteiger partial charge in [-0.2, -0.15) is 0 Å². The summed E-state index contributed by atoms with van der Waals surface area (Å²) in [6, 6.07) is 17.6. The highest BCUT2D eigenvalue weighted by Crippen LogP contribution is 2.28. The maximum Gasteiger partial charge on any atom is 0.262 e. The fraction of sp³-hybridized carbons (Fsp3) is 0.222. The molecule has 3 amide bonds. The fourth-order valence-electron chi connectivity index (χ4n) is 3.94. The lowest BCUT2D eigenvalue weighted by atomic mass is 10.1. The minimum atomic E-state index is -0.481. The molecule has 3 aromatic rings. The number of carbonyl (C=O) groups excluding carboxylic acids is 3. The number of rotatable bonds is 6. The lowest BCUT2D eigenvalue weighted by molar-refractivity contribution is -0.114. The predicted octanol–water partition coefficient (Wildman–Crippen LogP) is 3.38. The summed E-state index contributed by atoms with van der Waals surface area (Å²) in [7, 11) is 0. The third-order valence-electron chi connectivity index (χ3n) is 5.80. The van der Waals surface area contributed by atoms with Gasteiger partial charge < -0.3 is 30.1 Å². The summed E-state index contributed by atoms with van der Waals surface area (Å²) in [5.41, 5.74) is 2.46. The molecule has 1 aliphatic rings. The molecule has 1 fully saturated rings. The van der Waals surface area contributed by atoms with Crippen LogP contribution in [0.1, 0.15) is 33.2 Å². The van der Waals surface area contributed by atoms with Crippen molar-refractivity contribution in [3.63, 3.8) is 0 Å². The van der Waals surface area contributed by atoms with Crippen molar-refractivity contribution in [2.24, 2.45) is 0 Å². The van der Waals surface area contributed by atoms with Gasteiger partial charge in [-0.15, -0.1) is 0 Å². The van der Waals surface area contributed by atoms with Gasteiger partial charge in [0, 0.05) is 43.0 Å². The zero-order valence-corrected chi connectivity index (χ0v) is 19.8. The van der Waals surface area contributed by atoms with E-state index < -0.39 is 5.91 Å². The molecular formula is C27H27N3O6. The van der Waals surface area contributed by atoms with Crippen molar-refractivity contribution < 1.29 is 29.3 Å². The Bertz CT molecular complexity index is 1250. The number of morpholine rings is 1. The summed E-state index contributed by atoms with van der Waals surface area (Å²) in [6.07, 6.45) is 0. The summed E-state index contributed by atoms with van der Waals surface area (Å²) >= 11 is 0. The number of phenols is 2. The Morgan fingerprint density at radius 2 is 1.61 bits per heavy atom. The number of nitrogens with zero attached hydrogens (tertiary/aromatic N) is 2. The van der Waals surface area contributed by atoms with Crippen LogP contribution in [0.2, 0.25) is 0 Å². The van der Waals surface area contributed by atoms with E-state index in [-0.39, 0.29) is 35.4 Å². The molecule has 0 aromatic heterocycles. The van der Waals surface area contributed by atoms with Crippen LogP contribution < -0.4 is 10.2 Å². The highest BCUT2D eigenvalue weighted by molar-refractivity contribution is 6.08. The summed E-state index contributed by atoms with van der Waals surface area (Å²) in [5, 5.41) is 22.6. The Morgan fingerprint density at radius 1 is 0.944 bits per heavy atom. The first-order valence-corrected chi connectivity index (χ1v) is 11.5. The molecule has 36 heavy (non-hydrogen) atoms. The van der Waals surface area contributed by atoms with Crippen molar-refractivity contribution in [1.29, 1.82) is 0 Å². The number of phenolic OH excluding ortho intramolecular Hbond substituents is 2. The zero-order chi connectivity index (χ0) is 25.7. The molecule has 1 saturated heterocycles. The third kappa shape index (κ3) is 5.81. The van der Waals surface area contributed by atoms with E-state index in [9.17, 15) is 24.6 Å². The van der Waals surface area contributed by atoms with E-state index in [0.717, 1.165) is 11.6 Å². The molecule has 1 heterocycles. The second kappa shape index (κ2) is 10.9. The van der Waals surface area contributed by atoms with E-state index in [1.165, 1.54) is 24.0 Å². The lowest BCUT2D eigenvalue weighted by Gasteiger charge is -2.27. The fourth-order valence-corrected chi connectivity index (χ4v) is 3.94. The molecule has 0 aliphatic carbocycles. The van der Waals surface area contributed by atoms with Crippen LogP contribution in [0.25, 0.3) is 0 Å². The Kier molecular flexibility index (Phi) is 7.50. The summed E-state index contributed by atoms with van der Waals surface area (Å²) in [6.45, 7) is 3.65. The highest BCUT2D eigenvalue weighted by atomic mass is 16.5. The first-order valence-electron chi connectivity index (χ1n) is 11.5. The number of carbonyl (C=O) groups is 3. The van der Waals surface area contributed by atoms with Crippen LogP contribution in [-0.4, -0.2) is 59.1 Å². The van der Waals surface area contributed by atoms with Crippen LogP contribution in [-0.2, 0) is 16.1 Å². The number of hydrogen-bond acceptors (Lipinski definition) is 6. The number of amides is 3. The average Bonchev–Trinajstić information content (AvgIpc) is 2.88. The zero-order valence-electron chi connectivity index (χ0n) is 19.8. The Labute approximate surface area is 208 Å². The topological polar surface area (TPSA) is 119 Å². The van der Waals surface area contributed by atoms with E-state index in [1.54, 1.807) is 53.4 Å². The lowest BCUT2D eigenvalue weighted by Crippen LogP contribution is -2.40. The second-order valence-electron chi connectivity index (χ2n) is 8.42. The molecule has 4 rings (SSSR count). The molecule has 0 unspecified atom stereocenters. The van der Waals surface area contributed by atoms with Crippen molar-refractivity contribution in [2.75, 3.05) is 36.5 Å². The first-order chi connectivity index (χ1) is 17.3. The van der Waals surface area contributed by atoms with Crippen LogP contribution in [0.15, 0.2) is 66.7 Å². The van der Waals surface area contributed by atoms with Gasteiger partial charge in [0.15, 0.2) is 0 Å². The average molecular weight is 490 g/mol. The van der Waals surface area contributed by atoms with E-state index in [0.29, 0.717) is 43.2 Å². The maximum atomic E-state index is 13.5.